The summed E-state index contributed by atoms with van der Waals surface area (Å²) >= 11 is 0. The van der Waals surface area contributed by atoms with Gasteiger partial charge in [0.25, 0.3) is 0 Å². The largest absolute Gasteiger partial charge is 1.00 e. The van der Waals surface area contributed by atoms with Crippen molar-refractivity contribution in [3.63, 3.8) is 0 Å². The molecule has 1 unspecified atom stereocenters. The first-order valence-corrected chi connectivity index (χ1v) is 12.5. The average molecular weight is 431 g/mol. The van der Waals surface area contributed by atoms with E-state index in [2.05, 4.69) is 6.92 Å². The van der Waals surface area contributed by atoms with Crippen LogP contribution in [-0.2, 0) is 10.1 Å². The summed E-state index contributed by atoms with van der Waals surface area (Å²) < 4.78 is 33.8. The summed E-state index contributed by atoms with van der Waals surface area (Å²) in [6, 6.07) is 0. The smallest absolute Gasteiger partial charge is 0.748 e. The van der Waals surface area contributed by atoms with Gasteiger partial charge >= 0.3 is 51.4 Å². The Balaban J connectivity index is 0. The minimum Gasteiger partial charge on any atom is -0.748 e. The van der Waals surface area contributed by atoms with Gasteiger partial charge in [-0.3, -0.25) is 0 Å². The van der Waals surface area contributed by atoms with E-state index in [4.69, 9.17) is 5.11 Å². The van der Waals surface area contributed by atoms with E-state index in [1.165, 1.54) is 70.6 Å². The van der Waals surface area contributed by atoms with Gasteiger partial charge in [0.05, 0.1) is 10.1 Å². The topological polar surface area (TPSA) is 77.4 Å². The molecule has 0 bridgehead atoms. The van der Waals surface area contributed by atoms with E-state index < -0.39 is 15.4 Å². The van der Waals surface area contributed by atoms with Gasteiger partial charge in [-0.1, -0.05) is 96.8 Å². The molecule has 0 saturated carbocycles. The second-order valence-electron chi connectivity index (χ2n) is 7.72. The zero-order valence-electron chi connectivity index (χ0n) is 18.1. The molecule has 27 heavy (non-hydrogen) atoms. The second-order valence-corrected chi connectivity index (χ2v) is 9.37. The van der Waals surface area contributed by atoms with Gasteiger partial charge in [0.2, 0.25) is 0 Å². The number of aliphatic hydroxyl groups is 1. The summed E-state index contributed by atoms with van der Waals surface area (Å²) in [5.74, 6) is 0. The van der Waals surface area contributed by atoms with E-state index in [1.54, 1.807) is 0 Å². The van der Waals surface area contributed by atoms with E-state index in [9.17, 15) is 13.0 Å². The Hall–Kier alpha value is 1.51. The maximum Gasteiger partial charge on any atom is 1.00 e. The minimum atomic E-state index is -4.19. The van der Waals surface area contributed by atoms with Gasteiger partial charge in [-0.15, -0.1) is 0 Å². The van der Waals surface area contributed by atoms with Crippen molar-refractivity contribution in [3.05, 3.63) is 0 Å². The van der Waals surface area contributed by atoms with Gasteiger partial charge in [0.1, 0.15) is 0 Å². The molecule has 1 N–H and O–H groups in total. The number of hydrogen-bond acceptors (Lipinski definition) is 4. The van der Waals surface area contributed by atoms with Crippen molar-refractivity contribution < 1.29 is 69.5 Å². The Kier molecular flexibility index (Phi) is 25.2. The van der Waals surface area contributed by atoms with E-state index in [0.717, 1.165) is 19.3 Å². The summed E-state index contributed by atoms with van der Waals surface area (Å²) in [5, 5.41) is 8.00. The molecule has 158 valence electrons. The Bertz CT molecular complexity index is 388. The molecule has 0 radical (unpaired) electrons. The maximum absolute atomic E-state index is 11.3. The van der Waals surface area contributed by atoms with Gasteiger partial charge in [0.15, 0.2) is 0 Å². The Morgan fingerprint density at radius 1 is 0.667 bits per heavy atom. The first kappa shape index (κ1) is 30.7. The molecule has 4 nitrogen and oxygen atoms in total. The zero-order chi connectivity index (χ0) is 19.5. The Morgan fingerprint density at radius 3 is 1.33 bits per heavy atom. The molecule has 1 atom stereocenters. The standard InChI is InChI=1S/C21H44O4S.K/c1-2-3-4-5-6-7-8-9-10-11-12-13-14-15-18-21(26(23,24)25)19-16-17-20-22;/h21-22H,2-20H2,1H3,(H,23,24,25);/q;+1/p-1. The molecule has 0 rings (SSSR count). The molecule has 0 aliphatic heterocycles. The predicted octanol–water partition coefficient (Wildman–Crippen LogP) is 2.94. The molecule has 0 aromatic rings. The first-order valence-electron chi connectivity index (χ1n) is 11.1. The van der Waals surface area contributed by atoms with Crippen molar-refractivity contribution >= 4 is 10.1 Å². The van der Waals surface area contributed by atoms with Crippen LogP contribution in [0.5, 0.6) is 0 Å². The fourth-order valence-electron chi connectivity index (χ4n) is 3.48. The van der Waals surface area contributed by atoms with Crippen molar-refractivity contribution in [1.82, 2.24) is 0 Å². The molecule has 0 aromatic heterocycles. The van der Waals surface area contributed by atoms with E-state index >= 15 is 0 Å². The van der Waals surface area contributed by atoms with Crippen LogP contribution >= 0.6 is 0 Å². The Labute approximate surface area is 211 Å². The van der Waals surface area contributed by atoms with Gasteiger partial charge in [-0.25, -0.2) is 8.42 Å². The summed E-state index contributed by atoms with van der Waals surface area (Å²) in [5.41, 5.74) is 0. The molecular weight excluding hydrogens is 387 g/mol. The molecule has 6 heteroatoms. The second kappa shape index (κ2) is 22.2. The summed E-state index contributed by atoms with van der Waals surface area (Å²) in [6.07, 6.45) is 19.8. The molecule has 0 heterocycles. The van der Waals surface area contributed by atoms with Gasteiger partial charge in [0, 0.05) is 11.9 Å². The van der Waals surface area contributed by atoms with Crippen molar-refractivity contribution in [2.75, 3.05) is 6.61 Å². The minimum absolute atomic E-state index is 0. The predicted molar refractivity (Wildman–Crippen MR) is 109 cm³/mol. The Morgan fingerprint density at radius 2 is 1.00 bits per heavy atom. The van der Waals surface area contributed by atoms with Crippen LogP contribution in [0.25, 0.3) is 0 Å². The van der Waals surface area contributed by atoms with Crippen LogP contribution in [-0.4, -0.2) is 29.9 Å². The van der Waals surface area contributed by atoms with Crippen LogP contribution in [0.4, 0.5) is 0 Å². The normalized spacial score (nSPS) is 12.7. The number of rotatable bonds is 20. The van der Waals surface area contributed by atoms with Gasteiger partial charge in [-0.05, 0) is 25.7 Å². The third kappa shape index (κ3) is 22.0. The summed E-state index contributed by atoms with van der Waals surface area (Å²) in [6.45, 7) is 2.31. The average Bonchev–Trinajstić information content (AvgIpc) is 2.59. The zero-order valence-corrected chi connectivity index (χ0v) is 22.0. The molecule has 0 fully saturated rings. The van der Waals surface area contributed by atoms with Crippen LogP contribution < -0.4 is 51.4 Å². The molecule has 0 spiro atoms. The SMILES string of the molecule is CCCCCCCCCCCCCCCCC(CCCCO)S(=O)(=O)[O-].[K+]. The van der Waals surface area contributed by atoms with Crippen molar-refractivity contribution in [1.29, 1.82) is 0 Å². The van der Waals surface area contributed by atoms with Crippen molar-refractivity contribution in [3.8, 4) is 0 Å². The first-order chi connectivity index (χ1) is 12.5. The fraction of sp³-hybridized carbons (Fsp3) is 1.00. The van der Waals surface area contributed by atoms with Crippen molar-refractivity contribution in [2.24, 2.45) is 0 Å². The third-order valence-electron chi connectivity index (χ3n) is 5.22. The van der Waals surface area contributed by atoms with Crippen LogP contribution in [0.1, 0.15) is 122 Å². The summed E-state index contributed by atoms with van der Waals surface area (Å²) in [4.78, 5) is 0. The summed E-state index contributed by atoms with van der Waals surface area (Å²) in [7, 11) is -4.19. The van der Waals surface area contributed by atoms with Gasteiger partial charge in [-0.2, -0.15) is 0 Å². The fourth-order valence-corrected chi connectivity index (χ4v) is 4.39. The quantitative estimate of drug-likeness (QED) is 0.183. The van der Waals surface area contributed by atoms with Crippen molar-refractivity contribution in [2.45, 2.75) is 128 Å². The van der Waals surface area contributed by atoms with Crippen LogP contribution in [0.3, 0.4) is 0 Å². The molecule has 0 aliphatic rings. The molecule has 0 amide bonds. The number of unbranched alkanes of at least 4 members (excludes halogenated alkanes) is 14. The third-order valence-corrected chi connectivity index (χ3v) is 6.51. The van der Waals surface area contributed by atoms with Crippen LogP contribution in [0.2, 0.25) is 0 Å². The molecule has 0 aromatic carbocycles. The van der Waals surface area contributed by atoms with E-state index in [1.807, 2.05) is 0 Å². The van der Waals surface area contributed by atoms with Crippen LogP contribution in [0, 0.1) is 0 Å². The number of aliphatic hydroxyl groups excluding tert-OH is 1. The van der Waals surface area contributed by atoms with E-state index in [0.29, 0.717) is 25.7 Å². The van der Waals surface area contributed by atoms with E-state index in [-0.39, 0.29) is 58.0 Å². The van der Waals surface area contributed by atoms with Crippen LogP contribution in [0.15, 0.2) is 0 Å². The molecular formula is C21H43KO4S. The maximum atomic E-state index is 11.3. The number of hydrogen-bond donors (Lipinski definition) is 1. The monoisotopic (exact) mass is 430 g/mol. The molecule has 0 aliphatic carbocycles. The van der Waals surface area contributed by atoms with Gasteiger partial charge < -0.3 is 9.66 Å². The molecule has 0 saturated heterocycles.